The van der Waals surface area contributed by atoms with Crippen molar-refractivity contribution in [1.82, 2.24) is 0 Å². The Kier molecular flexibility index (Phi) is 3.41. The monoisotopic (exact) mass is 277 g/mol. The number of halogens is 2. The molecule has 1 heterocycles. The minimum atomic E-state index is -0.578. The first-order valence-electron chi connectivity index (χ1n) is 6.30. The maximum atomic E-state index is 13.5. The molecule has 2 aromatic rings. The van der Waals surface area contributed by atoms with Gasteiger partial charge in [0.05, 0.1) is 0 Å². The standard InChI is InChI=1S/C15H13F2NO2/c16-11-2-1-10(13(17)7-11)9-18-12-3-4-14-15(8-12)20-6-5-19-14/h1-4,7-8,18H,5-6,9H2. The molecular weight excluding hydrogens is 264 g/mol. The molecule has 0 radical (unpaired) electrons. The van der Waals surface area contributed by atoms with Crippen molar-refractivity contribution in [2.24, 2.45) is 0 Å². The lowest BCUT2D eigenvalue weighted by atomic mass is 10.2. The van der Waals surface area contributed by atoms with Crippen LogP contribution < -0.4 is 14.8 Å². The highest BCUT2D eigenvalue weighted by Gasteiger charge is 2.11. The average molecular weight is 277 g/mol. The molecule has 104 valence electrons. The van der Waals surface area contributed by atoms with Crippen molar-refractivity contribution in [2.75, 3.05) is 18.5 Å². The molecule has 0 bridgehead atoms. The van der Waals surface area contributed by atoms with E-state index in [1.165, 1.54) is 12.1 Å². The first-order chi connectivity index (χ1) is 9.72. The second-order valence-electron chi connectivity index (χ2n) is 4.45. The number of nitrogens with one attached hydrogen (secondary N) is 1. The fraction of sp³-hybridized carbons (Fsp3) is 0.200. The molecule has 0 aromatic heterocycles. The molecule has 20 heavy (non-hydrogen) atoms. The van der Waals surface area contributed by atoms with Crippen LogP contribution in [0.5, 0.6) is 11.5 Å². The SMILES string of the molecule is Fc1ccc(CNc2ccc3c(c2)OCCO3)c(F)c1. The maximum absolute atomic E-state index is 13.5. The number of hydrogen-bond donors (Lipinski definition) is 1. The van der Waals surface area contributed by atoms with Crippen LogP contribution in [0.15, 0.2) is 36.4 Å². The van der Waals surface area contributed by atoms with Crippen molar-refractivity contribution in [3.63, 3.8) is 0 Å². The van der Waals surface area contributed by atoms with Crippen LogP contribution in [0.2, 0.25) is 0 Å². The van der Waals surface area contributed by atoms with Crippen molar-refractivity contribution >= 4 is 5.69 Å². The lowest BCUT2D eigenvalue weighted by Crippen LogP contribution is -2.15. The van der Waals surface area contributed by atoms with Gasteiger partial charge in [0.1, 0.15) is 24.8 Å². The molecule has 0 unspecified atom stereocenters. The van der Waals surface area contributed by atoms with Gasteiger partial charge in [-0.3, -0.25) is 0 Å². The summed E-state index contributed by atoms with van der Waals surface area (Å²) in [4.78, 5) is 0. The summed E-state index contributed by atoms with van der Waals surface area (Å²) in [5.41, 5.74) is 1.19. The van der Waals surface area contributed by atoms with Crippen LogP contribution in [0.25, 0.3) is 0 Å². The van der Waals surface area contributed by atoms with Crippen molar-refractivity contribution in [1.29, 1.82) is 0 Å². The third-order valence-electron chi connectivity index (χ3n) is 3.04. The van der Waals surface area contributed by atoms with E-state index in [2.05, 4.69) is 5.32 Å². The Morgan fingerprint density at radius 3 is 2.55 bits per heavy atom. The van der Waals surface area contributed by atoms with Crippen LogP contribution in [0.3, 0.4) is 0 Å². The molecule has 0 atom stereocenters. The van der Waals surface area contributed by atoms with Gasteiger partial charge < -0.3 is 14.8 Å². The Labute approximate surface area is 115 Å². The van der Waals surface area contributed by atoms with Gasteiger partial charge in [-0.2, -0.15) is 0 Å². The average Bonchev–Trinajstić information content (AvgIpc) is 2.46. The minimum Gasteiger partial charge on any atom is -0.486 e. The highest BCUT2D eigenvalue weighted by molar-refractivity contribution is 5.55. The van der Waals surface area contributed by atoms with Gasteiger partial charge in [0, 0.05) is 29.9 Å². The zero-order valence-electron chi connectivity index (χ0n) is 10.7. The molecule has 3 rings (SSSR count). The van der Waals surface area contributed by atoms with Crippen LogP contribution in [-0.4, -0.2) is 13.2 Å². The number of anilines is 1. The summed E-state index contributed by atoms with van der Waals surface area (Å²) in [5, 5.41) is 3.07. The summed E-state index contributed by atoms with van der Waals surface area (Å²) in [5.74, 6) is 0.233. The van der Waals surface area contributed by atoms with Crippen LogP contribution >= 0.6 is 0 Å². The van der Waals surface area contributed by atoms with E-state index in [9.17, 15) is 8.78 Å². The third-order valence-corrected chi connectivity index (χ3v) is 3.04. The zero-order valence-corrected chi connectivity index (χ0v) is 10.7. The van der Waals surface area contributed by atoms with Gasteiger partial charge in [0.25, 0.3) is 0 Å². The number of rotatable bonds is 3. The normalized spacial score (nSPS) is 13.1. The third kappa shape index (κ3) is 2.66. The summed E-state index contributed by atoms with van der Waals surface area (Å²) < 4.78 is 37.2. The van der Waals surface area contributed by atoms with E-state index in [-0.39, 0.29) is 6.54 Å². The Balaban J connectivity index is 1.72. The van der Waals surface area contributed by atoms with Crippen molar-refractivity contribution < 1.29 is 18.3 Å². The highest BCUT2D eigenvalue weighted by atomic mass is 19.1. The summed E-state index contributed by atoms with van der Waals surface area (Å²) in [6.45, 7) is 1.33. The molecule has 0 spiro atoms. The number of benzene rings is 2. The second kappa shape index (κ2) is 5.36. The Hall–Kier alpha value is -2.30. The molecule has 1 aliphatic rings. The summed E-state index contributed by atoms with van der Waals surface area (Å²) in [7, 11) is 0. The number of hydrogen-bond acceptors (Lipinski definition) is 3. The Morgan fingerprint density at radius 1 is 0.950 bits per heavy atom. The first kappa shape index (κ1) is 12.7. The molecular formula is C15H13F2NO2. The second-order valence-corrected chi connectivity index (χ2v) is 4.45. The zero-order chi connectivity index (χ0) is 13.9. The van der Waals surface area contributed by atoms with Crippen molar-refractivity contribution in [2.45, 2.75) is 6.54 Å². The van der Waals surface area contributed by atoms with E-state index in [1.807, 2.05) is 6.07 Å². The van der Waals surface area contributed by atoms with Gasteiger partial charge in [0.15, 0.2) is 11.5 Å². The highest BCUT2D eigenvalue weighted by Crippen LogP contribution is 2.32. The van der Waals surface area contributed by atoms with E-state index in [0.717, 1.165) is 11.8 Å². The topological polar surface area (TPSA) is 30.5 Å². The van der Waals surface area contributed by atoms with Crippen LogP contribution in [-0.2, 0) is 6.54 Å². The Morgan fingerprint density at radius 2 is 1.75 bits per heavy atom. The molecule has 0 aliphatic carbocycles. The van der Waals surface area contributed by atoms with E-state index >= 15 is 0 Å². The van der Waals surface area contributed by atoms with E-state index < -0.39 is 11.6 Å². The maximum Gasteiger partial charge on any atom is 0.163 e. The van der Waals surface area contributed by atoms with Crippen LogP contribution in [0.1, 0.15) is 5.56 Å². The van der Waals surface area contributed by atoms with E-state index in [1.54, 1.807) is 12.1 Å². The molecule has 1 aliphatic heterocycles. The summed E-state index contributed by atoms with van der Waals surface area (Å²) in [6, 6.07) is 8.98. The lowest BCUT2D eigenvalue weighted by molar-refractivity contribution is 0.171. The number of ether oxygens (including phenoxy) is 2. The Bertz CT molecular complexity index is 631. The number of fused-ring (bicyclic) bond motifs is 1. The van der Waals surface area contributed by atoms with Gasteiger partial charge in [-0.05, 0) is 18.2 Å². The molecule has 2 aromatic carbocycles. The van der Waals surface area contributed by atoms with E-state index in [0.29, 0.717) is 30.3 Å². The summed E-state index contributed by atoms with van der Waals surface area (Å²) >= 11 is 0. The molecule has 0 fully saturated rings. The molecule has 1 N–H and O–H groups in total. The van der Waals surface area contributed by atoms with Crippen LogP contribution in [0.4, 0.5) is 14.5 Å². The van der Waals surface area contributed by atoms with Gasteiger partial charge in [-0.1, -0.05) is 6.07 Å². The largest absolute Gasteiger partial charge is 0.486 e. The molecule has 5 heteroatoms. The molecule has 0 saturated carbocycles. The summed E-state index contributed by atoms with van der Waals surface area (Å²) in [6.07, 6.45) is 0. The van der Waals surface area contributed by atoms with Crippen molar-refractivity contribution in [3.05, 3.63) is 53.6 Å². The van der Waals surface area contributed by atoms with Crippen molar-refractivity contribution in [3.8, 4) is 11.5 Å². The molecule has 3 nitrogen and oxygen atoms in total. The van der Waals surface area contributed by atoms with E-state index in [4.69, 9.17) is 9.47 Å². The lowest BCUT2D eigenvalue weighted by Gasteiger charge is -2.19. The predicted molar refractivity (Wildman–Crippen MR) is 71.1 cm³/mol. The van der Waals surface area contributed by atoms with Gasteiger partial charge >= 0.3 is 0 Å². The predicted octanol–water partition coefficient (Wildman–Crippen LogP) is 3.35. The fourth-order valence-corrected chi connectivity index (χ4v) is 2.02. The smallest absolute Gasteiger partial charge is 0.163 e. The minimum absolute atomic E-state index is 0.270. The molecule has 0 saturated heterocycles. The first-order valence-corrected chi connectivity index (χ1v) is 6.30. The fourth-order valence-electron chi connectivity index (χ4n) is 2.02. The van der Waals surface area contributed by atoms with Crippen LogP contribution in [0, 0.1) is 11.6 Å². The molecule has 0 amide bonds. The quantitative estimate of drug-likeness (QED) is 0.933. The van der Waals surface area contributed by atoms with Gasteiger partial charge in [-0.15, -0.1) is 0 Å². The van der Waals surface area contributed by atoms with Gasteiger partial charge in [0.2, 0.25) is 0 Å². The van der Waals surface area contributed by atoms with Gasteiger partial charge in [-0.25, -0.2) is 8.78 Å².